The van der Waals surface area contributed by atoms with Crippen molar-refractivity contribution in [2.75, 3.05) is 19.6 Å². The molecule has 2 aliphatic heterocycles. The summed E-state index contributed by atoms with van der Waals surface area (Å²) in [5.41, 5.74) is 0. The Kier molecular flexibility index (Phi) is 1.87. The summed E-state index contributed by atoms with van der Waals surface area (Å²) in [5, 5.41) is 12.8. The minimum absolute atomic E-state index is 0.0768. The molecule has 0 aromatic heterocycles. The van der Waals surface area contributed by atoms with E-state index in [2.05, 4.69) is 17.1 Å². The van der Waals surface area contributed by atoms with Crippen molar-refractivity contribution in [2.24, 2.45) is 0 Å². The Morgan fingerprint density at radius 1 is 1.45 bits per heavy atom. The number of hydrogen-bond acceptors (Lipinski definition) is 3. The first kappa shape index (κ1) is 7.53. The summed E-state index contributed by atoms with van der Waals surface area (Å²) in [7, 11) is 0. The Labute approximate surface area is 67.4 Å². The highest BCUT2D eigenvalue weighted by atomic mass is 16.3. The maximum Gasteiger partial charge on any atom is 0.0682 e. The molecule has 0 spiro atoms. The van der Waals surface area contributed by atoms with E-state index in [1.807, 2.05) is 0 Å². The molecule has 2 heterocycles. The largest absolute Gasteiger partial charge is 0.392 e. The summed E-state index contributed by atoms with van der Waals surface area (Å²) in [6, 6.07) is 1.19. The molecule has 2 N–H and O–H groups in total. The number of piperazine rings is 1. The van der Waals surface area contributed by atoms with Gasteiger partial charge in [0.05, 0.1) is 6.10 Å². The summed E-state index contributed by atoms with van der Waals surface area (Å²) >= 11 is 0. The van der Waals surface area contributed by atoms with Gasteiger partial charge in [0.25, 0.3) is 0 Å². The molecule has 0 aromatic carbocycles. The van der Waals surface area contributed by atoms with Gasteiger partial charge in [-0.15, -0.1) is 0 Å². The number of hydrogen-bond donors (Lipinski definition) is 2. The molecule has 3 nitrogen and oxygen atoms in total. The molecule has 2 fully saturated rings. The van der Waals surface area contributed by atoms with E-state index in [0.717, 1.165) is 26.1 Å². The van der Waals surface area contributed by atoms with Crippen LogP contribution >= 0.6 is 0 Å². The zero-order valence-corrected chi connectivity index (χ0v) is 6.95. The number of fused-ring (bicyclic) bond motifs is 1. The van der Waals surface area contributed by atoms with Crippen LogP contribution in [0.25, 0.3) is 0 Å². The fourth-order valence-electron chi connectivity index (χ4n) is 2.15. The van der Waals surface area contributed by atoms with E-state index >= 15 is 0 Å². The Balaban J connectivity index is 1.97. The Morgan fingerprint density at radius 2 is 2.27 bits per heavy atom. The molecule has 3 heteroatoms. The van der Waals surface area contributed by atoms with E-state index in [9.17, 15) is 5.11 Å². The van der Waals surface area contributed by atoms with E-state index in [4.69, 9.17) is 0 Å². The van der Waals surface area contributed by atoms with Gasteiger partial charge in [-0.25, -0.2) is 0 Å². The minimum Gasteiger partial charge on any atom is -0.392 e. The smallest absolute Gasteiger partial charge is 0.0682 e. The fourth-order valence-corrected chi connectivity index (χ4v) is 2.15. The Bertz CT molecular complexity index is 151. The monoisotopic (exact) mass is 156 g/mol. The van der Waals surface area contributed by atoms with Crippen LogP contribution in [-0.2, 0) is 0 Å². The summed E-state index contributed by atoms with van der Waals surface area (Å²) in [6.45, 7) is 5.23. The van der Waals surface area contributed by atoms with Gasteiger partial charge in [-0.2, -0.15) is 0 Å². The maximum atomic E-state index is 9.38. The van der Waals surface area contributed by atoms with E-state index in [-0.39, 0.29) is 6.10 Å². The third-order valence-corrected chi connectivity index (χ3v) is 2.72. The highest BCUT2D eigenvalue weighted by molar-refractivity contribution is 4.92. The molecule has 11 heavy (non-hydrogen) atoms. The predicted octanol–water partition coefficient (Wildman–Crippen LogP) is -0.587. The SMILES string of the molecule is C[C@@H]1CN2C[C@@H](O)CC2CN1. The van der Waals surface area contributed by atoms with Crippen molar-refractivity contribution in [1.82, 2.24) is 10.2 Å². The van der Waals surface area contributed by atoms with Crippen molar-refractivity contribution in [3.8, 4) is 0 Å². The van der Waals surface area contributed by atoms with Crippen LogP contribution in [0, 0.1) is 0 Å². The zero-order valence-electron chi connectivity index (χ0n) is 6.95. The maximum absolute atomic E-state index is 9.38. The van der Waals surface area contributed by atoms with Gasteiger partial charge in [-0.1, -0.05) is 0 Å². The summed E-state index contributed by atoms with van der Waals surface area (Å²) in [5.74, 6) is 0. The molecule has 0 bridgehead atoms. The molecule has 2 saturated heterocycles. The summed E-state index contributed by atoms with van der Waals surface area (Å²) < 4.78 is 0. The Morgan fingerprint density at radius 3 is 3.09 bits per heavy atom. The molecule has 0 radical (unpaired) electrons. The second kappa shape index (κ2) is 2.73. The van der Waals surface area contributed by atoms with Crippen molar-refractivity contribution >= 4 is 0 Å². The number of aliphatic hydroxyl groups is 1. The van der Waals surface area contributed by atoms with Gasteiger partial charge in [0.15, 0.2) is 0 Å². The van der Waals surface area contributed by atoms with Crippen LogP contribution in [-0.4, -0.2) is 47.8 Å². The van der Waals surface area contributed by atoms with E-state index in [1.165, 1.54) is 0 Å². The van der Waals surface area contributed by atoms with Crippen molar-refractivity contribution in [3.05, 3.63) is 0 Å². The first-order chi connectivity index (χ1) is 5.25. The second-order valence-corrected chi connectivity index (χ2v) is 3.81. The predicted molar refractivity (Wildman–Crippen MR) is 43.4 cm³/mol. The topological polar surface area (TPSA) is 35.5 Å². The molecule has 1 unspecified atom stereocenters. The van der Waals surface area contributed by atoms with Crippen LogP contribution in [0.15, 0.2) is 0 Å². The van der Waals surface area contributed by atoms with Gasteiger partial charge >= 0.3 is 0 Å². The van der Waals surface area contributed by atoms with E-state index in [0.29, 0.717) is 12.1 Å². The Hall–Kier alpha value is -0.120. The number of nitrogens with zero attached hydrogens (tertiary/aromatic N) is 1. The van der Waals surface area contributed by atoms with Gasteiger partial charge in [0.2, 0.25) is 0 Å². The van der Waals surface area contributed by atoms with Gasteiger partial charge in [0, 0.05) is 31.7 Å². The molecule has 2 aliphatic rings. The van der Waals surface area contributed by atoms with Crippen molar-refractivity contribution in [2.45, 2.75) is 31.5 Å². The van der Waals surface area contributed by atoms with E-state index in [1.54, 1.807) is 0 Å². The summed E-state index contributed by atoms with van der Waals surface area (Å²) in [4.78, 5) is 2.39. The molecule has 0 saturated carbocycles. The molecule has 2 rings (SSSR count). The molecule has 3 atom stereocenters. The van der Waals surface area contributed by atoms with Crippen LogP contribution in [0.5, 0.6) is 0 Å². The first-order valence-corrected chi connectivity index (χ1v) is 4.41. The third-order valence-electron chi connectivity index (χ3n) is 2.72. The lowest BCUT2D eigenvalue weighted by atomic mass is 10.1. The van der Waals surface area contributed by atoms with Gasteiger partial charge in [0.1, 0.15) is 0 Å². The fraction of sp³-hybridized carbons (Fsp3) is 1.00. The number of nitrogens with one attached hydrogen (secondary N) is 1. The van der Waals surface area contributed by atoms with E-state index < -0.39 is 0 Å². The lowest BCUT2D eigenvalue weighted by Crippen LogP contribution is -2.52. The third kappa shape index (κ3) is 1.41. The number of aliphatic hydroxyl groups excluding tert-OH is 1. The van der Waals surface area contributed by atoms with Crippen LogP contribution in [0.4, 0.5) is 0 Å². The standard InChI is InChI=1S/C8H16N2O/c1-6-4-10-5-8(11)2-7(10)3-9-6/h6-9,11H,2-5H2,1H3/t6-,7?,8+/m1/s1. The molecular weight excluding hydrogens is 140 g/mol. The normalized spacial score (nSPS) is 45.8. The molecule has 0 aromatic rings. The van der Waals surface area contributed by atoms with Crippen molar-refractivity contribution in [3.63, 3.8) is 0 Å². The highest BCUT2D eigenvalue weighted by Crippen LogP contribution is 2.19. The first-order valence-electron chi connectivity index (χ1n) is 4.41. The summed E-state index contributed by atoms with van der Waals surface area (Å²) in [6.07, 6.45) is 0.881. The van der Waals surface area contributed by atoms with Crippen LogP contribution in [0.3, 0.4) is 0 Å². The minimum atomic E-state index is -0.0768. The zero-order chi connectivity index (χ0) is 7.84. The average Bonchev–Trinajstić information content (AvgIpc) is 2.27. The molecule has 0 aliphatic carbocycles. The van der Waals surface area contributed by atoms with Crippen LogP contribution < -0.4 is 5.32 Å². The molecule has 64 valence electrons. The lowest BCUT2D eigenvalue weighted by molar-refractivity contribution is 0.157. The second-order valence-electron chi connectivity index (χ2n) is 3.81. The van der Waals surface area contributed by atoms with Crippen molar-refractivity contribution < 1.29 is 5.11 Å². The van der Waals surface area contributed by atoms with Crippen molar-refractivity contribution in [1.29, 1.82) is 0 Å². The average molecular weight is 156 g/mol. The molecule has 0 amide bonds. The number of rotatable bonds is 0. The van der Waals surface area contributed by atoms with Gasteiger partial charge in [-0.3, -0.25) is 4.90 Å². The highest BCUT2D eigenvalue weighted by Gasteiger charge is 2.34. The van der Waals surface area contributed by atoms with Gasteiger partial charge in [-0.05, 0) is 13.3 Å². The quantitative estimate of drug-likeness (QED) is 0.492. The van der Waals surface area contributed by atoms with Crippen LogP contribution in [0.2, 0.25) is 0 Å². The van der Waals surface area contributed by atoms with Crippen LogP contribution in [0.1, 0.15) is 13.3 Å². The molecular formula is C8H16N2O. The van der Waals surface area contributed by atoms with Gasteiger partial charge < -0.3 is 10.4 Å². The lowest BCUT2D eigenvalue weighted by Gasteiger charge is -2.33.